The summed E-state index contributed by atoms with van der Waals surface area (Å²) in [6, 6.07) is 5.91. The number of aliphatic hydroxyl groups excluding tert-OH is 1. The topological polar surface area (TPSA) is 117 Å². The lowest BCUT2D eigenvalue weighted by atomic mass is 10.1. The van der Waals surface area contributed by atoms with Crippen molar-refractivity contribution in [3.8, 4) is 5.82 Å². The molecule has 1 aliphatic carbocycles. The molecule has 0 spiro atoms. The number of halogens is 1. The summed E-state index contributed by atoms with van der Waals surface area (Å²) in [5.74, 6) is 0.962. The minimum Gasteiger partial charge on any atom is -0.510 e. The monoisotopic (exact) mass is 439 g/mol. The van der Waals surface area contributed by atoms with Crippen LogP contribution in [0.2, 0.25) is 5.02 Å². The molecule has 1 saturated carbocycles. The van der Waals surface area contributed by atoms with Gasteiger partial charge in [0, 0.05) is 22.8 Å². The third-order valence-corrected chi connectivity index (χ3v) is 4.94. The Morgan fingerprint density at radius 2 is 2.16 bits per heavy atom. The van der Waals surface area contributed by atoms with E-state index in [9.17, 15) is 9.90 Å². The number of aryl methyl sites for hydroxylation is 1. The van der Waals surface area contributed by atoms with Gasteiger partial charge in [0.1, 0.15) is 11.8 Å². The van der Waals surface area contributed by atoms with Crippen molar-refractivity contribution in [2.45, 2.75) is 31.8 Å². The third-order valence-electron chi connectivity index (χ3n) is 4.70. The van der Waals surface area contributed by atoms with Gasteiger partial charge in [0.2, 0.25) is 5.95 Å². The van der Waals surface area contributed by atoms with E-state index in [-0.39, 0.29) is 5.76 Å². The average molecular weight is 440 g/mol. The molecule has 1 aromatic carbocycles. The van der Waals surface area contributed by atoms with Gasteiger partial charge in [-0.15, -0.1) is 0 Å². The average Bonchev–Trinajstić information content (AvgIpc) is 3.43. The molecule has 160 valence electrons. The number of carbonyl (C=O) groups excluding carboxylic acids is 1. The molecule has 9 nitrogen and oxygen atoms in total. The Hall–Kier alpha value is -3.59. The van der Waals surface area contributed by atoms with Gasteiger partial charge in [0.15, 0.2) is 5.82 Å². The summed E-state index contributed by atoms with van der Waals surface area (Å²) in [7, 11) is 0. The Balaban J connectivity index is 1.46. The predicted octanol–water partition coefficient (Wildman–Crippen LogP) is 4.13. The zero-order chi connectivity index (χ0) is 22.0. The lowest BCUT2D eigenvalue weighted by Gasteiger charge is -2.18. The van der Waals surface area contributed by atoms with Crippen molar-refractivity contribution in [1.29, 1.82) is 0 Å². The van der Waals surface area contributed by atoms with Crippen LogP contribution in [-0.4, -0.2) is 36.9 Å². The number of rotatable bonds is 7. The van der Waals surface area contributed by atoms with Crippen molar-refractivity contribution in [2.75, 3.05) is 10.6 Å². The number of carbonyl (C=O) groups is 1. The van der Waals surface area contributed by atoms with Gasteiger partial charge in [-0.25, -0.2) is 14.5 Å². The number of aromatic nitrogens is 4. The molecule has 31 heavy (non-hydrogen) atoms. The van der Waals surface area contributed by atoms with Gasteiger partial charge in [0.25, 0.3) is 0 Å². The van der Waals surface area contributed by atoms with Crippen molar-refractivity contribution in [2.24, 2.45) is 0 Å². The summed E-state index contributed by atoms with van der Waals surface area (Å²) in [4.78, 5) is 21.3. The molecule has 0 aliphatic heterocycles. The van der Waals surface area contributed by atoms with E-state index >= 15 is 0 Å². The van der Waals surface area contributed by atoms with E-state index in [0.29, 0.717) is 34.1 Å². The molecule has 0 radical (unpaired) electrons. The van der Waals surface area contributed by atoms with Gasteiger partial charge in [-0.05, 0) is 37.5 Å². The fraction of sp³-hybridized carbons (Fsp3) is 0.238. The van der Waals surface area contributed by atoms with Crippen LogP contribution in [0.25, 0.3) is 5.82 Å². The maximum atomic E-state index is 12.5. The van der Waals surface area contributed by atoms with E-state index in [1.165, 1.54) is 6.20 Å². The van der Waals surface area contributed by atoms with Crippen molar-refractivity contribution in [3.05, 3.63) is 71.3 Å². The lowest BCUT2D eigenvalue weighted by Crippen LogP contribution is -2.33. The second kappa shape index (κ2) is 8.65. The summed E-state index contributed by atoms with van der Waals surface area (Å²) < 4.78 is 1.57. The summed E-state index contributed by atoms with van der Waals surface area (Å²) in [5, 5.41) is 23.3. The van der Waals surface area contributed by atoms with Gasteiger partial charge in [-0.3, -0.25) is 0 Å². The Morgan fingerprint density at radius 3 is 2.87 bits per heavy atom. The first kappa shape index (κ1) is 20.7. The van der Waals surface area contributed by atoms with Crippen molar-refractivity contribution < 1.29 is 9.90 Å². The standard InChI is InChI=1S/C21H22ClN7O2/c1-12-9-23-20(25-16-6-7-16)28-19(12)29-11-17(10-24-29)26-21(31)27-18(13(2)30)14-4-3-5-15(22)8-14/h3-5,8-11,16,18,30H,2,6-7H2,1H3,(H,23,25,28)(H2,26,27,31)/t18-/m1/s1. The fourth-order valence-electron chi connectivity index (χ4n) is 2.99. The van der Waals surface area contributed by atoms with Crippen molar-refractivity contribution in [1.82, 2.24) is 25.1 Å². The first-order valence-electron chi connectivity index (χ1n) is 9.75. The van der Waals surface area contributed by atoms with E-state index in [4.69, 9.17) is 11.6 Å². The van der Waals surface area contributed by atoms with Crippen LogP contribution in [0.4, 0.5) is 16.4 Å². The SMILES string of the molecule is C=C(O)[C@@H](NC(=O)Nc1cnn(-c2nc(NC3CC3)ncc2C)c1)c1cccc(Cl)c1. The second-order valence-electron chi connectivity index (χ2n) is 7.37. The quantitative estimate of drug-likeness (QED) is 0.411. The number of hydrogen-bond donors (Lipinski definition) is 4. The molecule has 2 heterocycles. The fourth-order valence-corrected chi connectivity index (χ4v) is 3.19. The minimum atomic E-state index is -0.811. The highest BCUT2D eigenvalue weighted by Gasteiger charge is 2.22. The Bertz CT molecular complexity index is 1130. The van der Waals surface area contributed by atoms with E-state index < -0.39 is 12.1 Å². The van der Waals surface area contributed by atoms with Crippen molar-refractivity contribution >= 4 is 29.3 Å². The summed E-state index contributed by atoms with van der Waals surface area (Å²) in [6.45, 7) is 5.43. The Morgan fingerprint density at radius 1 is 1.35 bits per heavy atom. The van der Waals surface area contributed by atoms with E-state index in [1.54, 1.807) is 41.3 Å². The van der Waals surface area contributed by atoms with E-state index in [2.05, 4.69) is 37.6 Å². The summed E-state index contributed by atoms with van der Waals surface area (Å²) >= 11 is 6.01. The molecule has 10 heteroatoms. The van der Waals surface area contributed by atoms with Crippen LogP contribution in [-0.2, 0) is 0 Å². The van der Waals surface area contributed by atoms with E-state index in [1.807, 2.05) is 6.92 Å². The first-order chi connectivity index (χ1) is 14.9. The predicted molar refractivity (Wildman–Crippen MR) is 119 cm³/mol. The largest absolute Gasteiger partial charge is 0.510 e. The summed E-state index contributed by atoms with van der Waals surface area (Å²) in [6.07, 6.45) is 7.13. The number of aliphatic hydroxyl groups is 1. The first-order valence-corrected chi connectivity index (χ1v) is 10.1. The maximum Gasteiger partial charge on any atom is 0.320 e. The van der Waals surface area contributed by atoms with Crippen LogP contribution in [0.5, 0.6) is 0 Å². The molecular weight excluding hydrogens is 418 g/mol. The van der Waals surface area contributed by atoms with Crippen LogP contribution in [0.1, 0.15) is 30.0 Å². The van der Waals surface area contributed by atoms with Gasteiger partial charge in [0.05, 0.1) is 18.1 Å². The highest BCUT2D eigenvalue weighted by molar-refractivity contribution is 6.30. The zero-order valence-electron chi connectivity index (χ0n) is 16.8. The molecule has 4 rings (SSSR count). The third kappa shape index (κ3) is 5.13. The number of anilines is 2. The zero-order valence-corrected chi connectivity index (χ0v) is 17.6. The molecule has 4 N–H and O–H groups in total. The smallest absolute Gasteiger partial charge is 0.320 e. The van der Waals surface area contributed by atoms with Gasteiger partial charge in [-0.2, -0.15) is 10.1 Å². The van der Waals surface area contributed by atoms with E-state index in [0.717, 1.165) is 18.4 Å². The minimum absolute atomic E-state index is 0.208. The molecule has 1 aliphatic rings. The van der Waals surface area contributed by atoms with Crippen molar-refractivity contribution in [3.63, 3.8) is 0 Å². The second-order valence-corrected chi connectivity index (χ2v) is 7.81. The molecule has 0 saturated heterocycles. The van der Waals surface area contributed by atoms with Gasteiger partial charge in [-0.1, -0.05) is 30.3 Å². The van der Waals surface area contributed by atoms with Gasteiger partial charge < -0.3 is 21.1 Å². The summed E-state index contributed by atoms with van der Waals surface area (Å²) in [5.41, 5.74) is 1.91. The Kier molecular flexibility index (Phi) is 5.77. The molecule has 2 amide bonds. The van der Waals surface area contributed by atoms with Crippen LogP contribution >= 0.6 is 11.6 Å². The highest BCUT2D eigenvalue weighted by Crippen LogP contribution is 2.24. The highest BCUT2D eigenvalue weighted by atomic mass is 35.5. The molecule has 1 fully saturated rings. The molecule has 1 atom stereocenters. The van der Waals surface area contributed by atoms with Crippen LogP contribution in [0, 0.1) is 6.92 Å². The molecule has 2 aromatic heterocycles. The number of nitrogens with one attached hydrogen (secondary N) is 3. The number of nitrogens with zero attached hydrogens (tertiary/aromatic N) is 4. The van der Waals surface area contributed by atoms with Crippen LogP contribution in [0.3, 0.4) is 0 Å². The Labute approximate surface area is 184 Å². The van der Waals surface area contributed by atoms with Crippen LogP contribution < -0.4 is 16.0 Å². The molecule has 0 unspecified atom stereocenters. The molecule has 0 bridgehead atoms. The maximum absolute atomic E-state index is 12.5. The number of urea groups is 1. The van der Waals surface area contributed by atoms with Crippen LogP contribution in [0.15, 0.2) is 55.2 Å². The number of amides is 2. The molecular formula is C21H22ClN7O2. The number of benzene rings is 1. The van der Waals surface area contributed by atoms with Gasteiger partial charge >= 0.3 is 6.03 Å². The molecule has 3 aromatic rings. The number of hydrogen-bond acceptors (Lipinski definition) is 6. The lowest BCUT2D eigenvalue weighted by molar-refractivity contribution is 0.245. The normalized spacial score (nSPS) is 14.0.